The highest BCUT2D eigenvalue weighted by Gasteiger charge is 2.42. The van der Waals surface area contributed by atoms with E-state index >= 15 is 8.78 Å². The third-order valence-electron chi connectivity index (χ3n) is 7.43. The fourth-order valence-corrected chi connectivity index (χ4v) is 5.06. The molecule has 5 rings (SSSR count). The zero-order valence-corrected chi connectivity index (χ0v) is 22.8. The van der Waals surface area contributed by atoms with Crippen LogP contribution in [0.2, 0.25) is 0 Å². The van der Waals surface area contributed by atoms with Crippen LogP contribution in [0.3, 0.4) is 0 Å². The molecule has 0 atom stereocenters. The minimum Gasteiger partial charge on any atom is -0.356 e. The smallest absolute Gasteiger partial charge is 0.356 e. The van der Waals surface area contributed by atoms with Gasteiger partial charge in [0.1, 0.15) is 17.5 Å². The molecule has 1 aliphatic heterocycles. The summed E-state index contributed by atoms with van der Waals surface area (Å²) in [5, 5.41) is 3.11. The molecule has 1 amide bonds. The fraction of sp³-hybridized carbons (Fsp3) is 0.310. The number of hydrogen-bond donors (Lipinski definition) is 2. The third kappa shape index (κ3) is 6.08. The van der Waals surface area contributed by atoms with Crippen molar-refractivity contribution in [1.82, 2.24) is 20.3 Å². The van der Waals surface area contributed by atoms with E-state index in [1.807, 2.05) is 36.1 Å². The summed E-state index contributed by atoms with van der Waals surface area (Å²) in [6, 6.07) is 10.4. The van der Waals surface area contributed by atoms with Gasteiger partial charge in [0, 0.05) is 49.5 Å². The van der Waals surface area contributed by atoms with Gasteiger partial charge >= 0.3 is 12.4 Å². The Morgan fingerprint density at radius 1 is 1.00 bits per heavy atom. The Morgan fingerprint density at radius 3 is 2.36 bits per heavy atom. The molecule has 2 aromatic heterocycles. The number of nitrogens with zero attached hydrogens (tertiary/aromatic N) is 3. The zero-order chi connectivity index (χ0) is 32.0. The van der Waals surface area contributed by atoms with E-state index in [1.54, 1.807) is 11.1 Å². The molecule has 2 aromatic carbocycles. The molecule has 15 heteroatoms. The molecule has 3 heterocycles. The Labute approximate surface area is 243 Å². The van der Waals surface area contributed by atoms with Gasteiger partial charge in [-0.3, -0.25) is 9.59 Å². The van der Waals surface area contributed by atoms with Crippen LogP contribution < -0.4 is 15.8 Å². The van der Waals surface area contributed by atoms with E-state index < -0.39 is 70.1 Å². The van der Waals surface area contributed by atoms with Crippen molar-refractivity contribution in [3.63, 3.8) is 0 Å². The van der Waals surface area contributed by atoms with Gasteiger partial charge in [-0.15, -0.1) is 0 Å². The van der Waals surface area contributed by atoms with Crippen LogP contribution in [0.5, 0.6) is 0 Å². The molecule has 1 aliphatic rings. The van der Waals surface area contributed by atoms with Crippen LogP contribution in [0.1, 0.15) is 35.2 Å². The maximum atomic E-state index is 15.7. The first-order valence-corrected chi connectivity index (χ1v) is 13.2. The Hall–Kier alpha value is -4.56. The number of H-pyrrole nitrogens is 1. The number of para-hydroxylation sites is 1. The molecule has 0 aliphatic carbocycles. The summed E-state index contributed by atoms with van der Waals surface area (Å²) in [7, 11) is 0. The Kier molecular flexibility index (Phi) is 7.84. The molecule has 2 N–H and O–H groups in total. The predicted molar refractivity (Wildman–Crippen MR) is 144 cm³/mol. The lowest BCUT2D eigenvalue weighted by molar-refractivity contribution is -0.141. The van der Waals surface area contributed by atoms with Crippen molar-refractivity contribution in [3.05, 3.63) is 87.1 Å². The monoisotopic (exact) mass is 625 g/mol. The lowest BCUT2D eigenvalue weighted by Gasteiger charge is -2.36. The van der Waals surface area contributed by atoms with Crippen LogP contribution in [-0.4, -0.2) is 39.6 Å². The van der Waals surface area contributed by atoms with Gasteiger partial charge < -0.3 is 15.2 Å². The van der Waals surface area contributed by atoms with Crippen LogP contribution >= 0.6 is 0 Å². The highest BCUT2D eigenvalue weighted by atomic mass is 19.4. The van der Waals surface area contributed by atoms with Crippen molar-refractivity contribution in [2.75, 3.05) is 18.0 Å². The number of rotatable bonds is 5. The van der Waals surface area contributed by atoms with Crippen LogP contribution in [0, 0.1) is 12.7 Å². The average molecular weight is 626 g/mol. The maximum Gasteiger partial charge on any atom is 0.433 e. The number of aromatic amines is 1. The number of amides is 1. The second-order valence-corrected chi connectivity index (χ2v) is 10.4. The number of carbonyl (C=O) groups excluding carboxylic acids is 1. The lowest BCUT2D eigenvalue weighted by atomic mass is 9.92. The van der Waals surface area contributed by atoms with Gasteiger partial charge in [-0.25, -0.2) is 18.7 Å². The number of alkyl halides is 7. The Morgan fingerprint density at radius 2 is 1.70 bits per heavy atom. The van der Waals surface area contributed by atoms with E-state index in [-0.39, 0.29) is 32.0 Å². The molecule has 7 nitrogen and oxygen atoms in total. The van der Waals surface area contributed by atoms with Crippen molar-refractivity contribution in [1.29, 1.82) is 0 Å². The molecule has 0 unspecified atom stereocenters. The first-order chi connectivity index (χ1) is 20.6. The highest BCUT2D eigenvalue weighted by molar-refractivity contribution is 5.86. The summed E-state index contributed by atoms with van der Waals surface area (Å²) in [5.41, 5.74) is -7.71. The van der Waals surface area contributed by atoms with Gasteiger partial charge in [-0.05, 0) is 30.7 Å². The second kappa shape index (κ2) is 11.2. The number of piperidine rings is 1. The Bertz CT molecular complexity index is 1790. The van der Waals surface area contributed by atoms with E-state index in [0.29, 0.717) is 18.0 Å². The van der Waals surface area contributed by atoms with E-state index in [2.05, 4.69) is 15.3 Å². The van der Waals surface area contributed by atoms with Crippen molar-refractivity contribution in [3.8, 4) is 11.4 Å². The zero-order valence-electron chi connectivity index (χ0n) is 22.8. The standard InChI is InChI=1S/C29H23F8N5O2/c1-15-3-2-4-16-6-8-20(40-24(15)16)42-11-9-27(31,10-12-42)26(44)38-14-17-5-7-18(28(32,33)34)22(23(17)30)25-39-19(29(35,36)37)13-21(43)41-25/h2-8,13H,9-12,14H2,1H3,(H,38,44)(H,39,41,43). The van der Waals surface area contributed by atoms with Crippen molar-refractivity contribution in [2.45, 2.75) is 44.3 Å². The Balaban J connectivity index is 1.35. The highest BCUT2D eigenvalue weighted by Crippen LogP contribution is 2.39. The molecule has 1 saturated heterocycles. The predicted octanol–water partition coefficient (Wildman–Crippen LogP) is 6.10. The average Bonchev–Trinajstić information content (AvgIpc) is 2.95. The topological polar surface area (TPSA) is 91.0 Å². The minimum absolute atomic E-state index is 0.0157. The van der Waals surface area contributed by atoms with Gasteiger partial charge in [0.25, 0.3) is 11.5 Å². The molecule has 1 fully saturated rings. The second-order valence-electron chi connectivity index (χ2n) is 10.4. The van der Waals surface area contributed by atoms with Gasteiger partial charge in [-0.2, -0.15) is 26.3 Å². The summed E-state index contributed by atoms with van der Waals surface area (Å²) in [4.78, 5) is 35.8. The summed E-state index contributed by atoms with van der Waals surface area (Å²) in [6.07, 6.45) is -11.0. The van der Waals surface area contributed by atoms with Crippen molar-refractivity contribution < 1.29 is 39.9 Å². The quantitative estimate of drug-likeness (QED) is 0.262. The number of benzene rings is 2. The van der Waals surface area contributed by atoms with E-state index in [1.165, 1.54) is 0 Å². The van der Waals surface area contributed by atoms with Gasteiger partial charge in [-0.1, -0.05) is 24.3 Å². The SMILES string of the molecule is Cc1cccc2ccc(N3CCC(F)(C(=O)NCc4ccc(C(F)(F)F)c(-c5nc(C(F)(F)F)cc(=O)[nH]5)c4F)CC3)nc12. The molecular weight excluding hydrogens is 602 g/mol. The van der Waals surface area contributed by atoms with Gasteiger partial charge in [0.2, 0.25) is 0 Å². The van der Waals surface area contributed by atoms with Gasteiger partial charge in [0.05, 0.1) is 16.6 Å². The number of aromatic nitrogens is 3. The van der Waals surface area contributed by atoms with Crippen molar-refractivity contribution >= 4 is 22.6 Å². The summed E-state index contributed by atoms with van der Waals surface area (Å²) in [6.45, 7) is 1.34. The number of nitrogens with one attached hydrogen (secondary N) is 2. The fourth-order valence-electron chi connectivity index (χ4n) is 5.06. The molecular formula is C29H23F8N5O2. The molecule has 0 radical (unpaired) electrons. The molecule has 4 aromatic rings. The van der Waals surface area contributed by atoms with E-state index in [4.69, 9.17) is 0 Å². The van der Waals surface area contributed by atoms with E-state index in [0.717, 1.165) is 16.5 Å². The van der Waals surface area contributed by atoms with Crippen molar-refractivity contribution in [2.24, 2.45) is 0 Å². The minimum atomic E-state index is -5.25. The normalized spacial score (nSPS) is 15.4. The molecule has 44 heavy (non-hydrogen) atoms. The van der Waals surface area contributed by atoms with Crippen LogP contribution in [0.15, 0.2) is 53.3 Å². The number of carbonyl (C=O) groups is 1. The molecule has 0 spiro atoms. The van der Waals surface area contributed by atoms with Crippen LogP contribution in [-0.2, 0) is 23.7 Å². The summed E-state index contributed by atoms with van der Waals surface area (Å²) in [5.74, 6) is -3.54. The maximum absolute atomic E-state index is 15.7. The largest absolute Gasteiger partial charge is 0.433 e. The first kappa shape index (κ1) is 30.9. The number of halogens is 8. The molecule has 232 valence electrons. The van der Waals surface area contributed by atoms with Crippen LogP contribution in [0.25, 0.3) is 22.3 Å². The lowest BCUT2D eigenvalue weighted by Crippen LogP contribution is -2.51. The third-order valence-corrected chi connectivity index (χ3v) is 7.43. The number of fused-ring (bicyclic) bond motifs is 1. The summed E-state index contributed by atoms with van der Waals surface area (Å²) < 4.78 is 112. The molecule has 0 saturated carbocycles. The summed E-state index contributed by atoms with van der Waals surface area (Å²) >= 11 is 0. The number of hydrogen-bond acceptors (Lipinski definition) is 5. The number of anilines is 1. The van der Waals surface area contributed by atoms with Crippen LogP contribution in [0.4, 0.5) is 40.9 Å². The molecule has 0 bridgehead atoms. The number of pyridine rings is 1. The van der Waals surface area contributed by atoms with Gasteiger partial charge in [0.15, 0.2) is 11.4 Å². The first-order valence-electron chi connectivity index (χ1n) is 13.2. The van der Waals surface area contributed by atoms with E-state index in [9.17, 15) is 35.9 Å². The number of aryl methyl sites for hydroxylation is 1.